The molecule has 90 valence electrons. The van der Waals surface area contributed by atoms with Crippen LogP contribution < -0.4 is 10.5 Å². The van der Waals surface area contributed by atoms with Crippen LogP contribution in [0.1, 0.15) is 0 Å². The van der Waals surface area contributed by atoms with E-state index < -0.39 is 0 Å². The lowest BCUT2D eigenvalue weighted by molar-refractivity contribution is 0.418. The first-order valence-electron chi connectivity index (χ1n) is 5.37. The third kappa shape index (κ3) is 1.55. The second kappa shape index (κ2) is 3.99. The molecular formula is C12H11N5O. The first-order chi connectivity index (χ1) is 8.79. The smallest absolute Gasteiger partial charge is 0.148 e. The van der Waals surface area contributed by atoms with Crippen LogP contribution in [0.3, 0.4) is 0 Å². The van der Waals surface area contributed by atoms with Gasteiger partial charge in [-0.2, -0.15) is 5.10 Å². The molecule has 6 nitrogen and oxygen atoms in total. The van der Waals surface area contributed by atoms with E-state index in [1.165, 1.54) is 0 Å². The number of H-pyrrole nitrogens is 1. The van der Waals surface area contributed by atoms with Crippen LogP contribution in [-0.2, 0) is 0 Å². The molecule has 3 N–H and O–H groups in total. The number of nitrogen functional groups attached to an aromatic ring is 1. The first-order valence-corrected chi connectivity index (χ1v) is 5.37. The summed E-state index contributed by atoms with van der Waals surface area (Å²) in [5, 5.41) is 8.10. The molecule has 0 fully saturated rings. The van der Waals surface area contributed by atoms with Gasteiger partial charge in [0.2, 0.25) is 0 Å². The standard InChI is InChI=1S/C12H11N5O/c1-18-9-6-14-5-8-11(9)12(17-16-8)7-2-3-15-10(13)4-7/h2-6H,1H3,(H2,13,15)(H,16,17). The third-order valence-corrected chi connectivity index (χ3v) is 2.71. The van der Waals surface area contributed by atoms with Gasteiger partial charge in [-0.05, 0) is 12.1 Å². The largest absolute Gasteiger partial charge is 0.494 e. The van der Waals surface area contributed by atoms with Crippen LogP contribution in [0.4, 0.5) is 5.82 Å². The lowest BCUT2D eigenvalue weighted by Crippen LogP contribution is -1.90. The number of nitrogens with two attached hydrogens (primary N) is 1. The highest BCUT2D eigenvalue weighted by molar-refractivity contribution is 5.97. The van der Waals surface area contributed by atoms with Crippen LogP contribution in [0.2, 0.25) is 0 Å². The second-order valence-electron chi connectivity index (χ2n) is 3.81. The van der Waals surface area contributed by atoms with Crippen LogP contribution >= 0.6 is 0 Å². The quantitative estimate of drug-likeness (QED) is 0.711. The van der Waals surface area contributed by atoms with Crippen molar-refractivity contribution in [1.29, 1.82) is 0 Å². The SMILES string of the molecule is COc1cncc2[nH]nc(-c3ccnc(N)c3)c12. The molecule has 0 unspecified atom stereocenters. The molecule has 0 atom stereocenters. The molecule has 0 aliphatic rings. The first kappa shape index (κ1) is 10.5. The van der Waals surface area contributed by atoms with Gasteiger partial charge in [0, 0.05) is 11.8 Å². The molecular weight excluding hydrogens is 230 g/mol. The number of fused-ring (bicyclic) bond motifs is 1. The van der Waals surface area contributed by atoms with Gasteiger partial charge in [0.15, 0.2) is 0 Å². The normalized spacial score (nSPS) is 10.7. The van der Waals surface area contributed by atoms with Gasteiger partial charge in [0.25, 0.3) is 0 Å². The summed E-state index contributed by atoms with van der Waals surface area (Å²) in [6, 6.07) is 3.63. The van der Waals surface area contributed by atoms with E-state index >= 15 is 0 Å². The average Bonchev–Trinajstić information content (AvgIpc) is 2.82. The molecule has 0 saturated carbocycles. The van der Waals surface area contributed by atoms with E-state index in [2.05, 4.69) is 20.2 Å². The van der Waals surface area contributed by atoms with E-state index in [0.29, 0.717) is 11.6 Å². The molecule has 3 aromatic heterocycles. The highest BCUT2D eigenvalue weighted by atomic mass is 16.5. The molecule has 0 amide bonds. The van der Waals surface area contributed by atoms with Gasteiger partial charge in [-0.25, -0.2) is 4.98 Å². The number of aromatic amines is 1. The Labute approximate surface area is 103 Å². The van der Waals surface area contributed by atoms with Crippen molar-refractivity contribution in [2.75, 3.05) is 12.8 Å². The number of hydrogen-bond acceptors (Lipinski definition) is 5. The number of nitrogens with one attached hydrogen (secondary N) is 1. The molecule has 3 aromatic rings. The zero-order valence-electron chi connectivity index (χ0n) is 9.71. The molecule has 18 heavy (non-hydrogen) atoms. The number of aromatic nitrogens is 4. The van der Waals surface area contributed by atoms with Crippen LogP contribution in [0, 0.1) is 0 Å². The van der Waals surface area contributed by atoms with Gasteiger partial charge in [-0.3, -0.25) is 10.1 Å². The second-order valence-corrected chi connectivity index (χ2v) is 3.81. The number of pyridine rings is 2. The Morgan fingerprint density at radius 1 is 1.33 bits per heavy atom. The van der Waals surface area contributed by atoms with Crippen LogP contribution in [-0.4, -0.2) is 27.3 Å². The fraction of sp³-hybridized carbons (Fsp3) is 0.0833. The number of rotatable bonds is 2. The summed E-state index contributed by atoms with van der Waals surface area (Å²) >= 11 is 0. The van der Waals surface area contributed by atoms with Crippen molar-refractivity contribution < 1.29 is 4.74 Å². The Kier molecular flexibility index (Phi) is 2.33. The highest BCUT2D eigenvalue weighted by Crippen LogP contribution is 2.32. The summed E-state index contributed by atoms with van der Waals surface area (Å²) in [6.07, 6.45) is 5.02. The zero-order valence-corrected chi connectivity index (χ0v) is 9.71. The van der Waals surface area contributed by atoms with E-state index in [1.54, 1.807) is 31.8 Å². The minimum absolute atomic E-state index is 0.455. The van der Waals surface area contributed by atoms with Gasteiger partial charge >= 0.3 is 0 Å². The van der Waals surface area contributed by atoms with E-state index in [0.717, 1.165) is 22.2 Å². The van der Waals surface area contributed by atoms with Crippen molar-refractivity contribution in [2.24, 2.45) is 0 Å². The number of ether oxygens (including phenoxy) is 1. The zero-order chi connectivity index (χ0) is 12.5. The van der Waals surface area contributed by atoms with Gasteiger partial charge in [0.05, 0.1) is 30.4 Å². The summed E-state index contributed by atoms with van der Waals surface area (Å²) < 4.78 is 5.31. The number of hydrogen-bond donors (Lipinski definition) is 2. The third-order valence-electron chi connectivity index (χ3n) is 2.71. The maximum atomic E-state index is 5.69. The van der Waals surface area contributed by atoms with Crippen molar-refractivity contribution in [3.63, 3.8) is 0 Å². The molecule has 0 aliphatic heterocycles. The molecule has 0 spiro atoms. The topological polar surface area (TPSA) is 89.7 Å². The Balaban J connectivity index is 2.30. The van der Waals surface area contributed by atoms with Gasteiger partial charge in [-0.1, -0.05) is 0 Å². The van der Waals surface area contributed by atoms with E-state index in [4.69, 9.17) is 10.5 Å². The molecule has 0 saturated heterocycles. The number of methoxy groups -OCH3 is 1. The summed E-state index contributed by atoms with van der Waals surface area (Å²) in [5.41, 5.74) is 8.17. The van der Waals surface area contributed by atoms with E-state index in [1.807, 2.05) is 6.07 Å². The Hall–Kier alpha value is -2.63. The molecule has 0 aromatic carbocycles. The van der Waals surface area contributed by atoms with Gasteiger partial charge in [-0.15, -0.1) is 0 Å². The van der Waals surface area contributed by atoms with Crippen molar-refractivity contribution in [3.05, 3.63) is 30.7 Å². The van der Waals surface area contributed by atoms with E-state index in [-0.39, 0.29) is 0 Å². The number of anilines is 1. The monoisotopic (exact) mass is 241 g/mol. The molecule has 3 heterocycles. The molecule has 0 bridgehead atoms. The lowest BCUT2D eigenvalue weighted by atomic mass is 10.1. The molecule has 0 aliphatic carbocycles. The summed E-state index contributed by atoms with van der Waals surface area (Å²) in [5.74, 6) is 1.13. The van der Waals surface area contributed by atoms with Crippen molar-refractivity contribution in [1.82, 2.24) is 20.2 Å². The van der Waals surface area contributed by atoms with Crippen LogP contribution in [0.15, 0.2) is 30.7 Å². The van der Waals surface area contributed by atoms with Gasteiger partial charge in [0.1, 0.15) is 17.3 Å². The Morgan fingerprint density at radius 2 is 2.22 bits per heavy atom. The predicted molar refractivity (Wildman–Crippen MR) is 68.1 cm³/mol. The average molecular weight is 241 g/mol. The fourth-order valence-corrected chi connectivity index (χ4v) is 1.90. The maximum Gasteiger partial charge on any atom is 0.148 e. The molecule has 3 rings (SSSR count). The molecule has 6 heteroatoms. The van der Waals surface area contributed by atoms with Crippen LogP contribution in [0.5, 0.6) is 5.75 Å². The van der Waals surface area contributed by atoms with Gasteiger partial charge < -0.3 is 10.5 Å². The summed E-state index contributed by atoms with van der Waals surface area (Å²) in [4.78, 5) is 8.04. The maximum absolute atomic E-state index is 5.69. The van der Waals surface area contributed by atoms with E-state index in [9.17, 15) is 0 Å². The minimum Gasteiger partial charge on any atom is -0.494 e. The lowest BCUT2D eigenvalue weighted by Gasteiger charge is -2.03. The van der Waals surface area contributed by atoms with Crippen molar-refractivity contribution in [3.8, 4) is 17.0 Å². The minimum atomic E-state index is 0.455. The van der Waals surface area contributed by atoms with Crippen molar-refractivity contribution in [2.45, 2.75) is 0 Å². The summed E-state index contributed by atoms with van der Waals surface area (Å²) in [7, 11) is 1.61. The predicted octanol–water partition coefficient (Wildman–Crippen LogP) is 1.61. The number of nitrogens with zero attached hydrogens (tertiary/aromatic N) is 3. The molecule has 0 radical (unpaired) electrons. The van der Waals surface area contributed by atoms with Crippen LogP contribution in [0.25, 0.3) is 22.2 Å². The highest BCUT2D eigenvalue weighted by Gasteiger charge is 2.13. The Morgan fingerprint density at radius 3 is 3.00 bits per heavy atom. The summed E-state index contributed by atoms with van der Waals surface area (Å²) in [6.45, 7) is 0. The Bertz CT molecular complexity index is 707. The van der Waals surface area contributed by atoms with Crippen molar-refractivity contribution >= 4 is 16.7 Å². The fourth-order valence-electron chi connectivity index (χ4n) is 1.90.